The molecule has 1 aromatic carbocycles. The number of hydrogen-bond acceptors (Lipinski definition) is 4. The van der Waals surface area contributed by atoms with E-state index in [9.17, 15) is 0 Å². The van der Waals surface area contributed by atoms with Gasteiger partial charge in [0.05, 0.1) is 0 Å². The first-order chi connectivity index (χ1) is 7.72. The Hall–Kier alpha value is -1.42. The molecular formula is C12H12N2OS. The van der Waals surface area contributed by atoms with Crippen LogP contribution in [0.25, 0.3) is 11.3 Å². The quantitative estimate of drug-likeness (QED) is 0.821. The van der Waals surface area contributed by atoms with Crippen LogP contribution in [0.4, 0.5) is 5.82 Å². The average molecular weight is 232 g/mol. The van der Waals surface area contributed by atoms with Gasteiger partial charge in [-0.3, -0.25) is 0 Å². The van der Waals surface area contributed by atoms with Gasteiger partial charge in [-0.2, -0.15) is 0 Å². The number of nitrogens with two attached hydrogens (primary N) is 1. The Kier molecular flexibility index (Phi) is 2.17. The highest BCUT2D eigenvalue weighted by atomic mass is 32.2. The highest BCUT2D eigenvalue weighted by Crippen LogP contribution is 2.39. The standard InChI is InChI=1S/C12H12N2OS/c1-7-4-9-3-2-8(5-11(9)16-7)10-6-12(13)14-15-10/h2-3,5-7H,4H2,1H3,(H2,13,14). The molecule has 0 amide bonds. The van der Waals surface area contributed by atoms with Crippen LogP contribution in [-0.2, 0) is 6.42 Å². The summed E-state index contributed by atoms with van der Waals surface area (Å²) in [5.74, 6) is 1.16. The van der Waals surface area contributed by atoms with Crippen LogP contribution in [0.2, 0.25) is 0 Å². The van der Waals surface area contributed by atoms with Gasteiger partial charge >= 0.3 is 0 Å². The van der Waals surface area contributed by atoms with E-state index in [1.54, 1.807) is 6.07 Å². The first-order valence-electron chi connectivity index (χ1n) is 5.24. The molecule has 1 aliphatic heterocycles. The molecule has 1 atom stereocenters. The van der Waals surface area contributed by atoms with Crippen molar-refractivity contribution >= 4 is 17.6 Å². The fourth-order valence-electron chi connectivity index (χ4n) is 1.98. The lowest BCUT2D eigenvalue weighted by Crippen LogP contribution is -1.90. The number of anilines is 1. The summed E-state index contributed by atoms with van der Waals surface area (Å²) in [5.41, 5.74) is 8.01. The Morgan fingerprint density at radius 1 is 1.44 bits per heavy atom. The molecule has 0 radical (unpaired) electrons. The summed E-state index contributed by atoms with van der Waals surface area (Å²) < 4.78 is 5.15. The molecule has 0 aliphatic carbocycles. The van der Waals surface area contributed by atoms with Gasteiger partial charge < -0.3 is 10.3 Å². The van der Waals surface area contributed by atoms with Crippen molar-refractivity contribution in [3.05, 3.63) is 29.8 Å². The molecule has 0 saturated carbocycles. The van der Waals surface area contributed by atoms with Crippen LogP contribution >= 0.6 is 11.8 Å². The summed E-state index contributed by atoms with van der Waals surface area (Å²) in [6, 6.07) is 8.14. The smallest absolute Gasteiger partial charge is 0.169 e. The molecule has 1 aliphatic rings. The van der Waals surface area contributed by atoms with Crippen molar-refractivity contribution in [2.24, 2.45) is 0 Å². The van der Waals surface area contributed by atoms with Gasteiger partial charge in [-0.25, -0.2) is 0 Å². The SMILES string of the molecule is CC1Cc2ccc(-c3cc(N)no3)cc2S1. The third-order valence-electron chi connectivity index (χ3n) is 2.72. The highest BCUT2D eigenvalue weighted by molar-refractivity contribution is 8.00. The molecule has 0 bridgehead atoms. The second-order valence-corrected chi connectivity index (χ2v) is 5.55. The molecule has 0 spiro atoms. The van der Waals surface area contributed by atoms with E-state index >= 15 is 0 Å². The number of aromatic nitrogens is 1. The molecule has 1 unspecified atom stereocenters. The summed E-state index contributed by atoms with van der Waals surface area (Å²) in [5, 5.41) is 4.37. The molecule has 82 valence electrons. The van der Waals surface area contributed by atoms with Crippen molar-refractivity contribution in [2.45, 2.75) is 23.5 Å². The van der Waals surface area contributed by atoms with E-state index in [-0.39, 0.29) is 0 Å². The Morgan fingerprint density at radius 3 is 3.06 bits per heavy atom. The van der Waals surface area contributed by atoms with E-state index in [4.69, 9.17) is 10.3 Å². The van der Waals surface area contributed by atoms with Gasteiger partial charge in [0.25, 0.3) is 0 Å². The molecule has 0 saturated heterocycles. The van der Waals surface area contributed by atoms with Crippen molar-refractivity contribution in [1.82, 2.24) is 5.16 Å². The lowest BCUT2D eigenvalue weighted by atomic mass is 10.1. The van der Waals surface area contributed by atoms with Crippen LogP contribution < -0.4 is 5.73 Å². The Morgan fingerprint density at radius 2 is 2.31 bits per heavy atom. The summed E-state index contributed by atoms with van der Waals surface area (Å²) in [7, 11) is 0. The summed E-state index contributed by atoms with van der Waals surface area (Å²) >= 11 is 1.91. The van der Waals surface area contributed by atoms with Crippen LogP contribution in [0.1, 0.15) is 12.5 Å². The van der Waals surface area contributed by atoms with E-state index in [2.05, 4.69) is 30.3 Å². The first kappa shape index (κ1) is 9.78. The largest absolute Gasteiger partial charge is 0.381 e. The van der Waals surface area contributed by atoms with Gasteiger partial charge in [-0.1, -0.05) is 24.2 Å². The average Bonchev–Trinajstić information content (AvgIpc) is 2.81. The zero-order chi connectivity index (χ0) is 11.1. The number of rotatable bonds is 1. The maximum atomic E-state index is 5.54. The van der Waals surface area contributed by atoms with Crippen LogP contribution in [0, 0.1) is 0 Å². The minimum Gasteiger partial charge on any atom is -0.381 e. The van der Waals surface area contributed by atoms with E-state index in [1.165, 1.54) is 10.5 Å². The lowest BCUT2D eigenvalue weighted by Gasteiger charge is -2.00. The van der Waals surface area contributed by atoms with Gasteiger partial charge in [-0.15, -0.1) is 11.8 Å². The van der Waals surface area contributed by atoms with Crippen LogP contribution in [0.15, 0.2) is 33.7 Å². The third kappa shape index (κ3) is 1.59. The monoisotopic (exact) mass is 232 g/mol. The number of nitrogen functional groups attached to an aromatic ring is 1. The van der Waals surface area contributed by atoms with E-state index in [1.807, 2.05) is 11.8 Å². The van der Waals surface area contributed by atoms with Crippen LogP contribution in [0.5, 0.6) is 0 Å². The Balaban J connectivity index is 2.02. The van der Waals surface area contributed by atoms with Gasteiger partial charge in [0.2, 0.25) is 0 Å². The maximum absolute atomic E-state index is 5.54. The fourth-order valence-corrected chi connectivity index (χ4v) is 3.17. The zero-order valence-corrected chi connectivity index (χ0v) is 9.75. The Labute approximate surface area is 98.0 Å². The van der Waals surface area contributed by atoms with Crippen molar-refractivity contribution in [1.29, 1.82) is 0 Å². The van der Waals surface area contributed by atoms with Gasteiger partial charge in [0.1, 0.15) is 0 Å². The molecule has 2 N–H and O–H groups in total. The second-order valence-electron chi connectivity index (χ2n) is 4.07. The second kappa shape index (κ2) is 3.56. The molecule has 3 nitrogen and oxygen atoms in total. The van der Waals surface area contributed by atoms with Crippen molar-refractivity contribution in [3.8, 4) is 11.3 Å². The van der Waals surface area contributed by atoms with Gasteiger partial charge in [0.15, 0.2) is 11.6 Å². The lowest BCUT2D eigenvalue weighted by molar-refractivity contribution is 0.435. The van der Waals surface area contributed by atoms with Crippen LogP contribution in [0.3, 0.4) is 0 Å². The van der Waals surface area contributed by atoms with E-state index < -0.39 is 0 Å². The van der Waals surface area contributed by atoms with Gasteiger partial charge in [-0.05, 0) is 18.1 Å². The molecule has 0 fully saturated rings. The van der Waals surface area contributed by atoms with Crippen LogP contribution in [-0.4, -0.2) is 10.4 Å². The number of benzene rings is 1. The predicted octanol–water partition coefficient (Wildman–Crippen LogP) is 2.96. The molecular weight excluding hydrogens is 220 g/mol. The summed E-state index contributed by atoms with van der Waals surface area (Å²) in [6.07, 6.45) is 1.15. The topological polar surface area (TPSA) is 52.0 Å². The van der Waals surface area contributed by atoms with E-state index in [0.29, 0.717) is 11.1 Å². The number of hydrogen-bond donors (Lipinski definition) is 1. The molecule has 4 heteroatoms. The molecule has 2 heterocycles. The predicted molar refractivity (Wildman–Crippen MR) is 65.4 cm³/mol. The summed E-state index contributed by atoms with van der Waals surface area (Å²) in [6.45, 7) is 2.25. The third-order valence-corrected chi connectivity index (χ3v) is 3.92. The molecule has 1 aromatic heterocycles. The number of thioether (sulfide) groups is 1. The number of nitrogens with zero attached hydrogens (tertiary/aromatic N) is 1. The molecule has 3 rings (SSSR count). The zero-order valence-electron chi connectivity index (χ0n) is 8.93. The highest BCUT2D eigenvalue weighted by Gasteiger charge is 2.19. The molecule has 16 heavy (non-hydrogen) atoms. The normalized spacial score (nSPS) is 18.7. The van der Waals surface area contributed by atoms with Gasteiger partial charge in [0, 0.05) is 21.8 Å². The van der Waals surface area contributed by atoms with E-state index in [0.717, 1.165) is 17.7 Å². The minimum absolute atomic E-state index is 0.427. The Bertz CT molecular complexity index is 536. The number of fused-ring (bicyclic) bond motifs is 1. The fraction of sp³-hybridized carbons (Fsp3) is 0.250. The maximum Gasteiger partial charge on any atom is 0.169 e. The first-order valence-corrected chi connectivity index (χ1v) is 6.12. The van der Waals surface area contributed by atoms with Crippen molar-refractivity contribution in [3.63, 3.8) is 0 Å². The minimum atomic E-state index is 0.427. The molecule has 2 aromatic rings. The summed E-state index contributed by atoms with van der Waals surface area (Å²) in [4.78, 5) is 1.35. The van der Waals surface area contributed by atoms with Crippen molar-refractivity contribution in [2.75, 3.05) is 5.73 Å². The van der Waals surface area contributed by atoms with Crippen molar-refractivity contribution < 1.29 is 4.52 Å².